The number of nitro groups is 1. The highest BCUT2D eigenvalue weighted by Crippen LogP contribution is 2.34. The SMILES string of the molecule is COc1ccc([N+](=O)[O-])cc1Oc1ncccc1CO. The van der Waals surface area contributed by atoms with Gasteiger partial charge in [0.05, 0.1) is 24.7 Å². The molecule has 7 heteroatoms. The van der Waals surface area contributed by atoms with E-state index in [9.17, 15) is 15.2 Å². The van der Waals surface area contributed by atoms with Gasteiger partial charge in [0, 0.05) is 17.8 Å². The zero-order valence-electron chi connectivity index (χ0n) is 10.6. The Labute approximate surface area is 114 Å². The van der Waals surface area contributed by atoms with Gasteiger partial charge in [0.25, 0.3) is 5.69 Å². The number of hydrogen-bond acceptors (Lipinski definition) is 6. The molecule has 0 aliphatic heterocycles. The second-order valence-corrected chi connectivity index (χ2v) is 3.82. The van der Waals surface area contributed by atoms with Crippen molar-refractivity contribution in [3.8, 4) is 17.4 Å². The van der Waals surface area contributed by atoms with Crippen LogP contribution in [0, 0.1) is 10.1 Å². The second kappa shape index (κ2) is 5.98. The number of pyridine rings is 1. The van der Waals surface area contributed by atoms with Crippen LogP contribution in [-0.2, 0) is 6.61 Å². The first-order chi connectivity index (χ1) is 9.65. The Balaban J connectivity index is 2.41. The second-order valence-electron chi connectivity index (χ2n) is 3.82. The molecule has 1 aromatic carbocycles. The number of methoxy groups -OCH3 is 1. The Hall–Kier alpha value is -2.67. The molecule has 0 saturated heterocycles. The summed E-state index contributed by atoms with van der Waals surface area (Å²) in [6.45, 7) is -0.250. The average molecular weight is 276 g/mol. The van der Waals surface area contributed by atoms with E-state index in [0.29, 0.717) is 11.3 Å². The van der Waals surface area contributed by atoms with Crippen LogP contribution in [0.1, 0.15) is 5.56 Å². The number of nitro benzene ring substituents is 1. The van der Waals surface area contributed by atoms with Gasteiger partial charge in [-0.15, -0.1) is 0 Å². The fourth-order valence-corrected chi connectivity index (χ4v) is 1.60. The minimum absolute atomic E-state index is 0.123. The van der Waals surface area contributed by atoms with Gasteiger partial charge < -0.3 is 14.6 Å². The number of nitrogens with zero attached hydrogens (tertiary/aromatic N) is 2. The van der Waals surface area contributed by atoms with Crippen LogP contribution in [-0.4, -0.2) is 22.1 Å². The maximum absolute atomic E-state index is 10.8. The van der Waals surface area contributed by atoms with E-state index in [1.807, 2.05) is 0 Å². The van der Waals surface area contributed by atoms with Crippen molar-refractivity contribution in [2.24, 2.45) is 0 Å². The predicted octanol–water partition coefficient (Wildman–Crippen LogP) is 2.28. The van der Waals surface area contributed by atoms with Gasteiger partial charge in [0.15, 0.2) is 11.5 Å². The van der Waals surface area contributed by atoms with E-state index in [1.165, 1.54) is 31.5 Å². The molecule has 1 N–H and O–H groups in total. The van der Waals surface area contributed by atoms with Crippen molar-refractivity contribution in [3.63, 3.8) is 0 Å². The molecule has 0 unspecified atom stereocenters. The zero-order chi connectivity index (χ0) is 14.5. The van der Waals surface area contributed by atoms with Crippen molar-refractivity contribution in [1.29, 1.82) is 0 Å². The van der Waals surface area contributed by atoms with Gasteiger partial charge in [-0.3, -0.25) is 10.1 Å². The van der Waals surface area contributed by atoms with Gasteiger partial charge in [0.2, 0.25) is 5.88 Å². The fourth-order valence-electron chi connectivity index (χ4n) is 1.60. The molecule has 20 heavy (non-hydrogen) atoms. The lowest BCUT2D eigenvalue weighted by Crippen LogP contribution is -1.97. The van der Waals surface area contributed by atoms with Crippen LogP contribution in [0.3, 0.4) is 0 Å². The van der Waals surface area contributed by atoms with Crippen molar-refractivity contribution >= 4 is 5.69 Å². The highest BCUT2D eigenvalue weighted by molar-refractivity contribution is 5.50. The van der Waals surface area contributed by atoms with Gasteiger partial charge in [-0.2, -0.15) is 0 Å². The van der Waals surface area contributed by atoms with Crippen LogP contribution < -0.4 is 9.47 Å². The zero-order valence-corrected chi connectivity index (χ0v) is 10.6. The molecule has 0 radical (unpaired) electrons. The van der Waals surface area contributed by atoms with Gasteiger partial charge in [0.1, 0.15) is 0 Å². The molecule has 0 fully saturated rings. The van der Waals surface area contributed by atoms with Crippen LogP contribution in [0.2, 0.25) is 0 Å². The lowest BCUT2D eigenvalue weighted by molar-refractivity contribution is -0.384. The highest BCUT2D eigenvalue weighted by Gasteiger charge is 2.15. The van der Waals surface area contributed by atoms with Gasteiger partial charge in [-0.25, -0.2) is 4.98 Å². The molecule has 2 rings (SSSR count). The molecule has 0 aliphatic carbocycles. The number of non-ortho nitro benzene ring substituents is 1. The first kappa shape index (κ1) is 13.8. The largest absolute Gasteiger partial charge is 0.493 e. The number of aliphatic hydroxyl groups excluding tert-OH is 1. The van der Waals surface area contributed by atoms with Gasteiger partial charge in [-0.1, -0.05) is 0 Å². The van der Waals surface area contributed by atoms with Crippen LogP contribution >= 0.6 is 0 Å². The van der Waals surface area contributed by atoms with Crippen molar-refractivity contribution in [3.05, 3.63) is 52.2 Å². The van der Waals surface area contributed by atoms with Crippen molar-refractivity contribution in [1.82, 2.24) is 4.98 Å². The molecule has 0 atom stereocenters. The molecule has 0 aliphatic rings. The molecule has 7 nitrogen and oxygen atoms in total. The topological polar surface area (TPSA) is 94.7 Å². The molecule has 0 amide bonds. The standard InChI is InChI=1S/C13H12N2O5/c1-19-11-5-4-10(15(17)18)7-12(11)20-13-9(8-16)3-2-6-14-13/h2-7,16H,8H2,1H3. The molecule has 0 spiro atoms. The first-order valence-electron chi connectivity index (χ1n) is 5.70. The summed E-state index contributed by atoms with van der Waals surface area (Å²) in [4.78, 5) is 14.2. The molecule has 104 valence electrons. The van der Waals surface area contributed by atoms with Crippen molar-refractivity contribution < 1.29 is 19.5 Å². The summed E-state index contributed by atoms with van der Waals surface area (Å²) in [7, 11) is 1.43. The summed E-state index contributed by atoms with van der Waals surface area (Å²) in [5, 5.41) is 20.0. The van der Waals surface area contributed by atoms with E-state index in [-0.39, 0.29) is 23.9 Å². The Kier molecular flexibility index (Phi) is 4.11. The van der Waals surface area contributed by atoms with E-state index >= 15 is 0 Å². The van der Waals surface area contributed by atoms with Crippen molar-refractivity contribution in [2.45, 2.75) is 6.61 Å². The van der Waals surface area contributed by atoms with Crippen molar-refractivity contribution in [2.75, 3.05) is 7.11 Å². The molecule has 0 bridgehead atoms. The number of aliphatic hydroxyl groups is 1. The summed E-state index contributed by atoms with van der Waals surface area (Å²) < 4.78 is 10.6. The summed E-state index contributed by atoms with van der Waals surface area (Å²) in [5.74, 6) is 0.675. The highest BCUT2D eigenvalue weighted by atomic mass is 16.6. The Morgan fingerprint density at radius 3 is 2.80 bits per heavy atom. The quantitative estimate of drug-likeness (QED) is 0.665. The third-order valence-corrected chi connectivity index (χ3v) is 2.58. The average Bonchev–Trinajstić information content (AvgIpc) is 2.47. The minimum atomic E-state index is -0.530. The lowest BCUT2D eigenvalue weighted by atomic mass is 10.2. The van der Waals surface area contributed by atoms with E-state index in [2.05, 4.69) is 4.98 Å². The third-order valence-electron chi connectivity index (χ3n) is 2.58. The van der Waals surface area contributed by atoms with Crippen LogP contribution in [0.4, 0.5) is 5.69 Å². The van der Waals surface area contributed by atoms with E-state index in [4.69, 9.17) is 9.47 Å². The smallest absolute Gasteiger partial charge is 0.273 e. The summed E-state index contributed by atoms with van der Waals surface area (Å²) in [6, 6.07) is 7.30. The lowest BCUT2D eigenvalue weighted by Gasteiger charge is -2.11. The number of aromatic nitrogens is 1. The van der Waals surface area contributed by atoms with E-state index in [1.54, 1.807) is 12.1 Å². The third kappa shape index (κ3) is 2.83. The maximum atomic E-state index is 10.8. The molecular formula is C13H12N2O5. The summed E-state index contributed by atoms with van der Waals surface area (Å²) >= 11 is 0. The number of benzene rings is 1. The Morgan fingerprint density at radius 2 is 2.15 bits per heavy atom. The first-order valence-corrected chi connectivity index (χ1v) is 5.70. The molecule has 2 aromatic rings. The number of rotatable bonds is 5. The molecule has 1 aromatic heterocycles. The van der Waals surface area contributed by atoms with Crippen LogP contribution in [0.25, 0.3) is 0 Å². The van der Waals surface area contributed by atoms with Crippen LogP contribution in [0.15, 0.2) is 36.5 Å². The van der Waals surface area contributed by atoms with Gasteiger partial charge in [-0.05, 0) is 18.2 Å². The predicted molar refractivity (Wildman–Crippen MR) is 69.9 cm³/mol. The maximum Gasteiger partial charge on any atom is 0.273 e. The van der Waals surface area contributed by atoms with Gasteiger partial charge >= 0.3 is 0 Å². The molecule has 0 saturated carbocycles. The fraction of sp³-hybridized carbons (Fsp3) is 0.154. The summed E-state index contributed by atoms with van der Waals surface area (Å²) in [6.07, 6.45) is 1.50. The summed E-state index contributed by atoms with van der Waals surface area (Å²) in [5.41, 5.74) is 0.350. The normalized spacial score (nSPS) is 10.1. The molecular weight excluding hydrogens is 264 g/mol. The minimum Gasteiger partial charge on any atom is -0.493 e. The monoisotopic (exact) mass is 276 g/mol. The van der Waals surface area contributed by atoms with E-state index in [0.717, 1.165) is 0 Å². The number of ether oxygens (including phenoxy) is 2. The Bertz CT molecular complexity index is 630. The number of hydrogen-bond donors (Lipinski definition) is 1. The Morgan fingerprint density at radius 1 is 1.35 bits per heavy atom. The molecule has 1 heterocycles. The van der Waals surface area contributed by atoms with E-state index < -0.39 is 4.92 Å². The van der Waals surface area contributed by atoms with Crippen LogP contribution in [0.5, 0.6) is 17.4 Å².